The zero-order chi connectivity index (χ0) is 14.5. The molecule has 1 aromatic carbocycles. The summed E-state index contributed by atoms with van der Waals surface area (Å²) in [5, 5.41) is 0. The second-order valence-electron chi connectivity index (χ2n) is 4.00. The molecule has 0 aliphatic carbocycles. The largest absolute Gasteiger partial charge is 0.462 e. The van der Waals surface area contributed by atoms with Gasteiger partial charge in [0.1, 0.15) is 0 Å². The van der Waals surface area contributed by atoms with Crippen molar-refractivity contribution < 1.29 is 17.9 Å². The molecule has 0 aliphatic rings. The zero-order valence-electron chi connectivity index (χ0n) is 11.3. The summed E-state index contributed by atoms with van der Waals surface area (Å²) < 4.78 is 31.1. The molecule has 1 rings (SSSR count). The molecule has 0 unspecified atom stereocenters. The summed E-state index contributed by atoms with van der Waals surface area (Å²) in [5.74, 6) is -0.477. The van der Waals surface area contributed by atoms with Gasteiger partial charge in [-0.2, -0.15) is 0 Å². The maximum Gasteiger partial charge on any atom is 0.338 e. The van der Waals surface area contributed by atoms with Crippen LogP contribution in [0, 0.1) is 0 Å². The maximum absolute atomic E-state index is 11.9. The van der Waals surface area contributed by atoms with Gasteiger partial charge < -0.3 is 10.5 Å². The molecule has 3 N–H and O–H groups in total. The molecule has 1 aromatic rings. The van der Waals surface area contributed by atoms with E-state index in [2.05, 4.69) is 4.72 Å². The normalized spacial score (nSPS) is 12.3. The van der Waals surface area contributed by atoms with E-state index >= 15 is 0 Å². The highest BCUT2D eigenvalue weighted by molar-refractivity contribution is 7.89. The number of benzene rings is 1. The van der Waals surface area contributed by atoms with Crippen molar-refractivity contribution in [3.05, 3.63) is 29.8 Å². The van der Waals surface area contributed by atoms with Crippen LogP contribution in [0.15, 0.2) is 29.2 Å². The van der Waals surface area contributed by atoms with E-state index in [0.717, 1.165) is 0 Å². The van der Waals surface area contributed by atoms with E-state index in [-0.39, 0.29) is 36.5 Å². The summed E-state index contributed by atoms with van der Waals surface area (Å²) in [7, 11) is -3.61. The summed E-state index contributed by atoms with van der Waals surface area (Å²) >= 11 is 0. The van der Waals surface area contributed by atoms with Crippen LogP contribution in [-0.4, -0.2) is 33.6 Å². The monoisotopic (exact) mass is 322 g/mol. The average Bonchev–Trinajstić information content (AvgIpc) is 2.38. The van der Waals surface area contributed by atoms with Crippen molar-refractivity contribution in [2.75, 3.05) is 13.2 Å². The number of rotatable bonds is 6. The number of hydrogen-bond donors (Lipinski definition) is 2. The third-order valence-corrected chi connectivity index (χ3v) is 3.99. The molecule has 0 fully saturated rings. The van der Waals surface area contributed by atoms with E-state index in [1.54, 1.807) is 13.8 Å². The van der Waals surface area contributed by atoms with Gasteiger partial charge in [-0.3, -0.25) is 0 Å². The predicted molar refractivity (Wildman–Crippen MR) is 78.5 cm³/mol. The highest BCUT2D eigenvalue weighted by Gasteiger charge is 2.17. The van der Waals surface area contributed by atoms with Gasteiger partial charge in [0.2, 0.25) is 10.0 Å². The molecule has 20 heavy (non-hydrogen) atoms. The van der Waals surface area contributed by atoms with Crippen LogP contribution in [0.1, 0.15) is 24.2 Å². The van der Waals surface area contributed by atoms with Gasteiger partial charge in [0, 0.05) is 12.6 Å². The Morgan fingerprint density at radius 2 is 1.90 bits per heavy atom. The van der Waals surface area contributed by atoms with E-state index in [0.29, 0.717) is 5.56 Å². The Morgan fingerprint density at radius 3 is 2.35 bits per heavy atom. The molecule has 0 aromatic heterocycles. The number of hydrogen-bond acceptors (Lipinski definition) is 5. The number of nitrogens with two attached hydrogens (primary N) is 1. The van der Waals surface area contributed by atoms with Crippen molar-refractivity contribution >= 4 is 28.4 Å². The summed E-state index contributed by atoms with van der Waals surface area (Å²) in [6.45, 7) is 3.86. The van der Waals surface area contributed by atoms with E-state index in [4.69, 9.17) is 10.5 Å². The van der Waals surface area contributed by atoms with Gasteiger partial charge in [-0.05, 0) is 38.1 Å². The quantitative estimate of drug-likeness (QED) is 0.758. The lowest BCUT2D eigenvalue weighted by Gasteiger charge is -2.12. The van der Waals surface area contributed by atoms with Gasteiger partial charge in [0.15, 0.2) is 0 Å². The minimum atomic E-state index is -3.61. The third-order valence-electron chi connectivity index (χ3n) is 2.39. The SMILES string of the molecule is CCOC(=O)c1ccc(S(=O)(=O)N[C@@H](C)CN)cc1.Cl. The Labute approximate surface area is 125 Å². The fourth-order valence-electron chi connectivity index (χ4n) is 1.37. The number of carbonyl (C=O) groups excluding carboxylic acids is 1. The van der Waals surface area contributed by atoms with Crippen molar-refractivity contribution in [2.45, 2.75) is 24.8 Å². The van der Waals surface area contributed by atoms with E-state index in [9.17, 15) is 13.2 Å². The Hall–Kier alpha value is -1.15. The molecule has 0 bridgehead atoms. The standard InChI is InChI=1S/C12H18N2O4S.ClH/c1-3-18-12(15)10-4-6-11(7-5-10)19(16,17)14-9(2)8-13;/h4-7,9,14H,3,8,13H2,1-2H3;1H/t9-;/m0./s1. The second kappa shape index (κ2) is 8.21. The lowest BCUT2D eigenvalue weighted by molar-refractivity contribution is 0.0526. The van der Waals surface area contributed by atoms with Crippen LogP contribution in [0.5, 0.6) is 0 Å². The first kappa shape index (κ1) is 18.9. The predicted octanol–water partition coefficient (Wildman–Crippen LogP) is 0.911. The average molecular weight is 323 g/mol. The smallest absolute Gasteiger partial charge is 0.338 e. The number of ether oxygens (including phenoxy) is 1. The molecular weight excluding hydrogens is 304 g/mol. The first-order chi connectivity index (χ1) is 8.90. The Kier molecular flexibility index (Phi) is 7.74. The van der Waals surface area contributed by atoms with E-state index < -0.39 is 16.0 Å². The lowest BCUT2D eigenvalue weighted by Crippen LogP contribution is -2.37. The molecule has 0 amide bonds. The van der Waals surface area contributed by atoms with E-state index in [1.165, 1.54) is 24.3 Å². The van der Waals surface area contributed by atoms with Gasteiger partial charge in [-0.1, -0.05) is 0 Å². The Balaban J connectivity index is 0.00000361. The molecular formula is C12H19ClN2O4S. The fourth-order valence-corrected chi connectivity index (χ4v) is 2.62. The third kappa shape index (κ3) is 5.09. The zero-order valence-corrected chi connectivity index (χ0v) is 13.0. The van der Waals surface area contributed by atoms with Crippen molar-refractivity contribution in [1.82, 2.24) is 4.72 Å². The molecule has 0 radical (unpaired) electrons. The van der Waals surface area contributed by atoms with Crippen LogP contribution < -0.4 is 10.5 Å². The molecule has 0 heterocycles. The van der Waals surface area contributed by atoms with Gasteiger partial charge in [-0.25, -0.2) is 17.9 Å². The number of esters is 1. The minimum Gasteiger partial charge on any atom is -0.462 e. The molecule has 8 heteroatoms. The van der Waals surface area contributed by atoms with Gasteiger partial charge in [0.25, 0.3) is 0 Å². The van der Waals surface area contributed by atoms with Crippen LogP contribution >= 0.6 is 12.4 Å². The topological polar surface area (TPSA) is 98.5 Å². The molecule has 6 nitrogen and oxygen atoms in total. The molecule has 1 atom stereocenters. The van der Waals surface area contributed by atoms with Crippen molar-refractivity contribution in [3.8, 4) is 0 Å². The second-order valence-corrected chi connectivity index (χ2v) is 5.72. The Morgan fingerprint density at radius 1 is 1.35 bits per heavy atom. The van der Waals surface area contributed by atoms with Gasteiger partial charge >= 0.3 is 5.97 Å². The first-order valence-corrected chi connectivity index (χ1v) is 7.38. The van der Waals surface area contributed by atoms with Crippen LogP contribution in [0.4, 0.5) is 0 Å². The van der Waals surface area contributed by atoms with Crippen molar-refractivity contribution in [3.63, 3.8) is 0 Å². The highest BCUT2D eigenvalue weighted by atomic mass is 35.5. The molecule has 0 spiro atoms. The van der Waals surface area contributed by atoms with Crippen LogP contribution in [-0.2, 0) is 14.8 Å². The molecule has 0 saturated carbocycles. The fraction of sp³-hybridized carbons (Fsp3) is 0.417. The number of halogens is 1. The molecule has 0 aliphatic heterocycles. The Bertz CT molecular complexity index is 531. The molecule has 0 saturated heterocycles. The van der Waals surface area contributed by atoms with E-state index in [1.807, 2.05) is 0 Å². The van der Waals surface area contributed by atoms with Gasteiger partial charge in [0.05, 0.1) is 17.1 Å². The minimum absolute atomic E-state index is 0. The van der Waals surface area contributed by atoms with Crippen molar-refractivity contribution in [2.24, 2.45) is 5.73 Å². The summed E-state index contributed by atoms with van der Waals surface area (Å²) in [5.41, 5.74) is 5.68. The summed E-state index contributed by atoms with van der Waals surface area (Å²) in [4.78, 5) is 11.5. The summed E-state index contributed by atoms with van der Waals surface area (Å²) in [6, 6.07) is 5.20. The summed E-state index contributed by atoms with van der Waals surface area (Å²) in [6.07, 6.45) is 0. The number of sulfonamides is 1. The van der Waals surface area contributed by atoms with Crippen LogP contribution in [0.2, 0.25) is 0 Å². The molecule has 114 valence electrons. The van der Waals surface area contributed by atoms with Gasteiger partial charge in [-0.15, -0.1) is 12.4 Å². The van der Waals surface area contributed by atoms with Crippen LogP contribution in [0.3, 0.4) is 0 Å². The number of nitrogens with one attached hydrogen (secondary N) is 1. The highest BCUT2D eigenvalue weighted by Crippen LogP contribution is 2.11. The van der Waals surface area contributed by atoms with Crippen molar-refractivity contribution in [1.29, 1.82) is 0 Å². The first-order valence-electron chi connectivity index (χ1n) is 5.90. The van der Waals surface area contributed by atoms with Crippen LogP contribution in [0.25, 0.3) is 0 Å². The maximum atomic E-state index is 11.9. The lowest BCUT2D eigenvalue weighted by atomic mass is 10.2. The number of carbonyl (C=O) groups is 1.